The van der Waals surface area contributed by atoms with Gasteiger partial charge < -0.3 is 0 Å². The molecule has 2 atom stereocenters. The number of fused-ring (bicyclic) bond motifs is 2. The molecule has 0 heterocycles. The lowest BCUT2D eigenvalue weighted by atomic mass is 9.81. The van der Waals surface area contributed by atoms with Gasteiger partial charge in [0.2, 0.25) is 0 Å². The third-order valence-electron chi connectivity index (χ3n) is 6.59. The number of hydrogen-bond donors (Lipinski definition) is 0. The van der Waals surface area contributed by atoms with E-state index in [-0.39, 0.29) is 0 Å². The minimum absolute atomic E-state index is 0.531. The van der Waals surface area contributed by atoms with Crippen molar-refractivity contribution in [2.24, 2.45) is 0 Å². The summed E-state index contributed by atoms with van der Waals surface area (Å²) in [4.78, 5) is 0. The molecule has 0 spiro atoms. The molecule has 0 bridgehead atoms. The zero-order valence-corrected chi connectivity index (χ0v) is 16.4. The number of benzene rings is 3. The van der Waals surface area contributed by atoms with Crippen LogP contribution >= 0.6 is 0 Å². The van der Waals surface area contributed by atoms with E-state index in [2.05, 4.69) is 77.3 Å². The lowest BCUT2D eigenvalue weighted by molar-refractivity contribution is 0.561. The first-order valence-electron chi connectivity index (χ1n) is 9.73. The van der Waals surface area contributed by atoms with E-state index in [4.69, 9.17) is 0 Å². The summed E-state index contributed by atoms with van der Waals surface area (Å²) in [7, 11) is 0. The van der Waals surface area contributed by atoms with Crippen molar-refractivity contribution in [2.75, 3.05) is 0 Å². The van der Waals surface area contributed by atoms with E-state index in [1.54, 1.807) is 0 Å². The molecule has 0 radical (unpaired) electrons. The van der Waals surface area contributed by atoms with E-state index in [0.29, 0.717) is 11.8 Å². The predicted molar refractivity (Wildman–Crippen MR) is 114 cm³/mol. The zero-order chi connectivity index (χ0) is 18.6. The van der Waals surface area contributed by atoms with Gasteiger partial charge in [0.15, 0.2) is 0 Å². The van der Waals surface area contributed by atoms with Crippen LogP contribution in [0.15, 0.2) is 36.4 Å². The summed E-state index contributed by atoms with van der Waals surface area (Å²) in [6.07, 6.45) is 2.23. The van der Waals surface area contributed by atoms with E-state index < -0.39 is 0 Å². The third-order valence-corrected chi connectivity index (χ3v) is 6.59. The molecular weight excluding hydrogens is 312 g/mol. The molecule has 0 heteroatoms. The fourth-order valence-corrected chi connectivity index (χ4v) is 5.10. The topological polar surface area (TPSA) is 0 Å². The number of hydrogen-bond acceptors (Lipinski definition) is 0. The summed E-state index contributed by atoms with van der Waals surface area (Å²) in [6.45, 7) is 18.0. The lowest BCUT2D eigenvalue weighted by Crippen LogP contribution is -2.20. The van der Waals surface area contributed by atoms with E-state index in [1.807, 2.05) is 0 Å². The van der Waals surface area contributed by atoms with Crippen molar-refractivity contribution < 1.29 is 0 Å². The van der Waals surface area contributed by atoms with Crippen molar-refractivity contribution in [1.82, 2.24) is 0 Å². The summed E-state index contributed by atoms with van der Waals surface area (Å²) in [6, 6.07) is 13.4. The minimum atomic E-state index is 0.531. The summed E-state index contributed by atoms with van der Waals surface area (Å²) in [5, 5.41) is 4.97. The van der Waals surface area contributed by atoms with Crippen LogP contribution in [-0.2, 0) is 6.42 Å². The fourth-order valence-electron chi connectivity index (χ4n) is 5.10. The van der Waals surface area contributed by atoms with Crippen LogP contribution in [0.3, 0.4) is 0 Å². The van der Waals surface area contributed by atoms with Gasteiger partial charge in [-0.2, -0.15) is 0 Å². The Labute approximate surface area is 156 Å². The second-order valence-electron chi connectivity index (χ2n) is 8.01. The quantitative estimate of drug-likeness (QED) is 0.584. The second-order valence-corrected chi connectivity index (χ2v) is 8.01. The molecule has 1 aliphatic rings. The monoisotopic (exact) mass is 340 g/mol. The highest BCUT2D eigenvalue weighted by atomic mass is 14.4. The van der Waals surface area contributed by atoms with Crippen LogP contribution in [0.2, 0.25) is 0 Å². The van der Waals surface area contributed by atoms with Crippen LogP contribution in [0.4, 0.5) is 0 Å². The first-order chi connectivity index (χ1) is 12.4. The van der Waals surface area contributed by atoms with Gasteiger partial charge in [-0.3, -0.25) is 0 Å². The first kappa shape index (κ1) is 17.1. The van der Waals surface area contributed by atoms with Gasteiger partial charge in [0.05, 0.1) is 0 Å². The molecule has 3 aromatic carbocycles. The van der Waals surface area contributed by atoms with E-state index >= 15 is 0 Å². The highest BCUT2D eigenvalue weighted by Gasteiger charge is 2.34. The van der Waals surface area contributed by atoms with Crippen molar-refractivity contribution >= 4 is 23.9 Å². The highest BCUT2D eigenvalue weighted by Crippen LogP contribution is 2.45. The molecule has 3 aromatic rings. The molecule has 0 nitrogen and oxygen atoms in total. The first-order valence-corrected chi connectivity index (χ1v) is 9.73. The average molecular weight is 341 g/mol. The highest BCUT2D eigenvalue weighted by molar-refractivity contribution is 5.86. The Kier molecular flexibility index (Phi) is 4.03. The molecule has 0 aromatic heterocycles. The Morgan fingerprint density at radius 3 is 2.15 bits per heavy atom. The van der Waals surface area contributed by atoms with Gasteiger partial charge in [0, 0.05) is 0 Å². The van der Waals surface area contributed by atoms with E-state index in [9.17, 15) is 0 Å². The summed E-state index contributed by atoms with van der Waals surface area (Å²) >= 11 is 0. The van der Waals surface area contributed by atoms with Gasteiger partial charge in [-0.15, -0.1) is 0 Å². The Hall–Kier alpha value is -2.34. The SMILES string of the molecule is C=c1c2c(c(=C)c3ccccc13)C(CC)C(c1cc(C)c(C)cc1C)C2. The molecule has 1 aliphatic carbocycles. The van der Waals surface area contributed by atoms with E-state index in [0.717, 1.165) is 12.8 Å². The molecule has 0 saturated heterocycles. The molecule has 0 saturated carbocycles. The molecule has 4 rings (SSSR count). The Balaban J connectivity index is 1.97. The molecule has 26 heavy (non-hydrogen) atoms. The largest absolute Gasteiger partial charge is 0.0908 e. The van der Waals surface area contributed by atoms with Gasteiger partial charge in [0.1, 0.15) is 0 Å². The van der Waals surface area contributed by atoms with Gasteiger partial charge in [0.25, 0.3) is 0 Å². The van der Waals surface area contributed by atoms with Crippen molar-refractivity contribution in [3.63, 3.8) is 0 Å². The predicted octanol–water partition coefficient (Wildman–Crippen LogP) is 5.42. The van der Waals surface area contributed by atoms with E-state index in [1.165, 1.54) is 54.6 Å². The number of aryl methyl sites for hydroxylation is 3. The van der Waals surface area contributed by atoms with Gasteiger partial charge in [-0.05, 0) is 100 Å². The van der Waals surface area contributed by atoms with Crippen molar-refractivity contribution in [3.8, 4) is 0 Å². The Morgan fingerprint density at radius 2 is 1.50 bits per heavy atom. The zero-order valence-electron chi connectivity index (χ0n) is 16.4. The maximum Gasteiger partial charge on any atom is -0.00494 e. The standard InChI is InChI=1S/C26H28/c1-7-20-25(23-13-16(3)15(2)12-17(23)4)14-24-18(5)21-10-8-9-11-22(21)19(6)26(20)24/h8-13,20,25H,5-7,14H2,1-4H3. The van der Waals surface area contributed by atoms with Crippen LogP contribution < -0.4 is 10.4 Å². The molecular formula is C26H28. The second kappa shape index (κ2) is 6.13. The smallest absolute Gasteiger partial charge is 0.00494 e. The normalized spacial score (nSPS) is 19.1. The molecule has 0 amide bonds. The summed E-state index contributed by atoms with van der Waals surface area (Å²) in [5.74, 6) is 1.07. The molecule has 0 N–H and O–H groups in total. The maximum absolute atomic E-state index is 4.51. The van der Waals surface area contributed by atoms with Crippen LogP contribution in [0.5, 0.6) is 0 Å². The van der Waals surface area contributed by atoms with Crippen LogP contribution in [0.1, 0.15) is 58.6 Å². The molecule has 0 aliphatic heterocycles. The third kappa shape index (κ3) is 2.35. The van der Waals surface area contributed by atoms with Crippen LogP contribution in [0.25, 0.3) is 23.9 Å². The van der Waals surface area contributed by atoms with Crippen molar-refractivity contribution in [2.45, 2.75) is 52.4 Å². The Morgan fingerprint density at radius 1 is 0.885 bits per heavy atom. The minimum Gasteiger partial charge on any atom is -0.0908 e. The summed E-state index contributed by atoms with van der Waals surface area (Å²) < 4.78 is 0. The fraction of sp³-hybridized carbons (Fsp3) is 0.308. The number of rotatable bonds is 2. The summed E-state index contributed by atoms with van der Waals surface area (Å²) in [5.41, 5.74) is 8.63. The molecule has 2 unspecified atom stereocenters. The molecule has 132 valence electrons. The molecule has 0 fully saturated rings. The lowest BCUT2D eigenvalue weighted by Gasteiger charge is -2.23. The van der Waals surface area contributed by atoms with Crippen LogP contribution in [0, 0.1) is 20.8 Å². The maximum atomic E-state index is 4.51. The van der Waals surface area contributed by atoms with Crippen LogP contribution in [-0.4, -0.2) is 0 Å². The Bertz CT molecular complexity index is 1120. The van der Waals surface area contributed by atoms with Gasteiger partial charge >= 0.3 is 0 Å². The van der Waals surface area contributed by atoms with Crippen molar-refractivity contribution in [1.29, 1.82) is 0 Å². The van der Waals surface area contributed by atoms with Gasteiger partial charge in [-0.1, -0.05) is 56.5 Å². The van der Waals surface area contributed by atoms with Crippen molar-refractivity contribution in [3.05, 3.63) is 80.2 Å². The van der Waals surface area contributed by atoms with Gasteiger partial charge in [-0.25, -0.2) is 0 Å². The average Bonchev–Trinajstić information content (AvgIpc) is 3.02.